The van der Waals surface area contributed by atoms with Crippen molar-refractivity contribution in [3.05, 3.63) is 84.4 Å². The number of fused-ring (bicyclic) bond motifs is 3. The van der Waals surface area contributed by atoms with Crippen molar-refractivity contribution in [3.63, 3.8) is 0 Å². The zero-order valence-electron chi connectivity index (χ0n) is 25.0. The molecule has 218 valence electrons. The normalized spacial score (nSPS) is 15.3. The van der Waals surface area contributed by atoms with Gasteiger partial charge in [0.2, 0.25) is 0 Å². The van der Waals surface area contributed by atoms with Crippen LogP contribution in [0.15, 0.2) is 73.2 Å². The summed E-state index contributed by atoms with van der Waals surface area (Å²) in [6.45, 7) is 6.38. The molecule has 0 radical (unpaired) electrons. The van der Waals surface area contributed by atoms with Crippen molar-refractivity contribution in [1.82, 2.24) is 34.6 Å². The van der Waals surface area contributed by atoms with Crippen molar-refractivity contribution in [1.29, 1.82) is 0 Å². The second kappa shape index (κ2) is 10.2. The zero-order chi connectivity index (χ0) is 29.8. The zero-order valence-corrected chi connectivity index (χ0v) is 25.0. The van der Waals surface area contributed by atoms with E-state index in [1.54, 1.807) is 6.33 Å². The number of aromatic nitrogens is 6. The third kappa shape index (κ3) is 4.98. The molecule has 3 aromatic heterocycles. The van der Waals surface area contributed by atoms with Crippen molar-refractivity contribution >= 4 is 6.09 Å². The number of alkyl carbamates (subject to hydrolysis) is 1. The lowest BCUT2D eigenvalue weighted by Gasteiger charge is -2.43. The Balaban J connectivity index is 1.27. The molecule has 9 heteroatoms. The Morgan fingerprint density at radius 3 is 2.35 bits per heavy atom. The van der Waals surface area contributed by atoms with Crippen LogP contribution >= 0.6 is 0 Å². The SMILES string of the molecule is Cn1cnc(-c2nnc3n2CCc2nc(-c4ccc(C5(NC(=O)OC(C)(C)C)CCC5)cc4)c(-c4ccccc4)cc2-3)c1. The van der Waals surface area contributed by atoms with Crippen LogP contribution in [0.3, 0.4) is 0 Å². The summed E-state index contributed by atoms with van der Waals surface area (Å²) < 4.78 is 9.64. The summed E-state index contributed by atoms with van der Waals surface area (Å²) in [6, 6.07) is 21.0. The average Bonchev–Trinajstić information content (AvgIpc) is 3.60. The van der Waals surface area contributed by atoms with Gasteiger partial charge in [0.05, 0.1) is 23.3 Å². The largest absolute Gasteiger partial charge is 0.444 e. The molecule has 1 saturated carbocycles. The van der Waals surface area contributed by atoms with Crippen LogP contribution in [0, 0.1) is 0 Å². The number of nitrogens with zero attached hydrogens (tertiary/aromatic N) is 6. The van der Waals surface area contributed by atoms with Gasteiger partial charge in [-0.15, -0.1) is 10.2 Å². The van der Waals surface area contributed by atoms with Gasteiger partial charge in [-0.3, -0.25) is 4.98 Å². The number of carbonyl (C=O) groups is 1. The highest BCUT2D eigenvalue weighted by Crippen LogP contribution is 2.43. The molecule has 5 aromatic rings. The number of nitrogens with one attached hydrogen (secondary N) is 1. The van der Waals surface area contributed by atoms with E-state index in [0.29, 0.717) is 0 Å². The standard InChI is InChI=1S/C34H35N7O2/c1-33(2,3)43-32(42)37-34(16-8-17-34)24-13-11-23(12-14-24)29-25(22-9-6-5-7-10-22)19-26-27(36-29)15-18-41-30(26)38-39-31(41)28-20-40(4)21-35-28/h5-7,9-14,19-21H,8,15-18H2,1-4H3,(H,37,42). The predicted octanol–water partition coefficient (Wildman–Crippen LogP) is 6.53. The molecule has 1 N–H and O–H groups in total. The van der Waals surface area contributed by atoms with E-state index < -0.39 is 11.1 Å². The smallest absolute Gasteiger partial charge is 0.408 e. The van der Waals surface area contributed by atoms with Crippen LogP contribution in [0.1, 0.15) is 51.3 Å². The van der Waals surface area contributed by atoms with Gasteiger partial charge in [0.25, 0.3) is 0 Å². The minimum absolute atomic E-state index is 0.377. The quantitative estimate of drug-likeness (QED) is 0.257. The molecule has 0 atom stereocenters. The maximum atomic E-state index is 12.7. The summed E-state index contributed by atoms with van der Waals surface area (Å²) in [7, 11) is 1.95. The minimum atomic E-state index is -0.544. The maximum Gasteiger partial charge on any atom is 0.408 e. The molecule has 0 saturated heterocycles. The molecule has 1 aliphatic heterocycles. The third-order valence-corrected chi connectivity index (χ3v) is 8.34. The summed E-state index contributed by atoms with van der Waals surface area (Å²) in [5, 5.41) is 12.3. The molecule has 43 heavy (non-hydrogen) atoms. The number of aryl methyl sites for hydroxylation is 2. The van der Waals surface area contributed by atoms with Crippen molar-refractivity contribution in [2.75, 3.05) is 0 Å². The highest BCUT2D eigenvalue weighted by molar-refractivity contribution is 5.85. The van der Waals surface area contributed by atoms with Gasteiger partial charge in [0.15, 0.2) is 11.6 Å². The molecule has 1 aliphatic carbocycles. The van der Waals surface area contributed by atoms with Gasteiger partial charge < -0.3 is 19.2 Å². The summed E-state index contributed by atoms with van der Waals surface area (Å²) >= 11 is 0. The van der Waals surface area contributed by atoms with Crippen LogP contribution in [0.4, 0.5) is 4.79 Å². The Morgan fingerprint density at radius 2 is 1.70 bits per heavy atom. The lowest BCUT2D eigenvalue weighted by molar-refractivity contribution is 0.0377. The van der Waals surface area contributed by atoms with Crippen LogP contribution in [0.5, 0.6) is 0 Å². The first-order chi connectivity index (χ1) is 20.7. The molecule has 0 unspecified atom stereocenters. The van der Waals surface area contributed by atoms with Crippen LogP contribution in [-0.4, -0.2) is 41.0 Å². The van der Waals surface area contributed by atoms with Gasteiger partial charge in [-0.2, -0.15) is 0 Å². The second-order valence-corrected chi connectivity index (χ2v) is 12.6. The number of pyridine rings is 1. The molecule has 4 heterocycles. The second-order valence-electron chi connectivity index (χ2n) is 12.6. The molecule has 0 spiro atoms. The summed E-state index contributed by atoms with van der Waals surface area (Å²) in [4.78, 5) is 22.4. The fraction of sp³-hybridized carbons (Fsp3) is 0.324. The van der Waals surface area contributed by atoms with Crippen molar-refractivity contribution in [3.8, 4) is 45.3 Å². The fourth-order valence-electron chi connectivity index (χ4n) is 6.11. The number of rotatable bonds is 5. The van der Waals surface area contributed by atoms with Crippen LogP contribution < -0.4 is 5.32 Å². The van der Waals surface area contributed by atoms with E-state index in [2.05, 4.69) is 67.5 Å². The van der Waals surface area contributed by atoms with E-state index in [1.807, 2.05) is 56.8 Å². The van der Waals surface area contributed by atoms with Gasteiger partial charge in [0, 0.05) is 42.9 Å². The molecule has 0 bridgehead atoms. The Bertz CT molecular complexity index is 1810. The molecule has 2 aromatic carbocycles. The highest BCUT2D eigenvalue weighted by atomic mass is 16.6. The average molecular weight is 574 g/mol. The number of benzene rings is 2. The van der Waals surface area contributed by atoms with Gasteiger partial charge in [-0.25, -0.2) is 9.78 Å². The third-order valence-electron chi connectivity index (χ3n) is 8.34. The molecule has 2 aliphatic rings. The monoisotopic (exact) mass is 573 g/mol. The van der Waals surface area contributed by atoms with E-state index in [-0.39, 0.29) is 6.09 Å². The summed E-state index contributed by atoms with van der Waals surface area (Å²) in [6.07, 6.45) is 6.97. The van der Waals surface area contributed by atoms with Gasteiger partial charge in [-0.05, 0) is 57.2 Å². The maximum absolute atomic E-state index is 12.7. The number of ether oxygens (including phenoxy) is 1. The lowest BCUT2D eigenvalue weighted by Crippen LogP contribution is -2.52. The Kier molecular flexibility index (Phi) is 6.41. The Morgan fingerprint density at radius 1 is 0.953 bits per heavy atom. The van der Waals surface area contributed by atoms with Gasteiger partial charge >= 0.3 is 6.09 Å². The number of amides is 1. The number of carbonyl (C=O) groups excluding carboxylic acids is 1. The molecular formula is C34H35N7O2. The molecule has 1 fully saturated rings. The molecule has 7 rings (SSSR count). The number of hydrogen-bond acceptors (Lipinski definition) is 6. The number of imidazole rings is 1. The van der Waals surface area contributed by atoms with E-state index in [4.69, 9.17) is 9.72 Å². The first-order valence-electron chi connectivity index (χ1n) is 14.8. The van der Waals surface area contributed by atoms with Crippen molar-refractivity contribution < 1.29 is 9.53 Å². The Hall–Kier alpha value is -4.79. The van der Waals surface area contributed by atoms with Crippen LogP contribution in [0.25, 0.3) is 45.3 Å². The van der Waals surface area contributed by atoms with Crippen LogP contribution in [0.2, 0.25) is 0 Å². The van der Waals surface area contributed by atoms with Crippen LogP contribution in [-0.2, 0) is 30.3 Å². The summed E-state index contributed by atoms with van der Waals surface area (Å²) in [5.74, 6) is 1.58. The topological polar surface area (TPSA) is 99.8 Å². The fourth-order valence-corrected chi connectivity index (χ4v) is 6.11. The predicted molar refractivity (Wildman–Crippen MR) is 165 cm³/mol. The van der Waals surface area contributed by atoms with Gasteiger partial charge in [0.1, 0.15) is 11.3 Å². The number of hydrogen-bond donors (Lipinski definition) is 1. The lowest BCUT2D eigenvalue weighted by atomic mass is 9.71. The summed E-state index contributed by atoms with van der Waals surface area (Å²) in [5.41, 5.74) is 7.03. The van der Waals surface area contributed by atoms with Crippen molar-refractivity contribution in [2.24, 2.45) is 7.05 Å². The first-order valence-corrected chi connectivity index (χ1v) is 14.8. The van der Waals surface area contributed by atoms with E-state index in [9.17, 15) is 4.79 Å². The Labute approximate surface area is 251 Å². The van der Waals surface area contributed by atoms with E-state index >= 15 is 0 Å². The highest BCUT2D eigenvalue weighted by Gasteiger charge is 2.41. The van der Waals surface area contributed by atoms with Crippen molar-refractivity contribution in [2.45, 2.75) is 64.1 Å². The first kappa shape index (κ1) is 27.1. The molecule has 1 amide bonds. The molecular weight excluding hydrogens is 538 g/mol. The van der Waals surface area contributed by atoms with E-state index in [0.717, 1.165) is 88.8 Å². The minimum Gasteiger partial charge on any atom is -0.444 e. The molecule has 9 nitrogen and oxygen atoms in total. The van der Waals surface area contributed by atoms with Gasteiger partial charge in [-0.1, -0.05) is 54.6 Å². The van der Waals surface area contributed by atoms with E-state index in [1.165, 1.54) is 0 Å².